The molecule has 1 saturated heterocycles. The third kappa shape index (κ3) is 6.62. The van der Waals surface area contributed by atoms with Crippen molar-refractivity contribution in [2.45, 2.75) is 64.3 Å². The van der Waals surface area contributed by atoms with E-state index >= 15 is 0 Å². The number of para-hydroxylation sites is 1. The first-order chi connectivity index (χ1) is 18.4. The number of amides is 4. The summed E-state index contributed by atoms with van der Waals surface area (Å²) in [6, 6.07) is 11.5. The average Bonchev–Trinajstić information content (AvgIpc) is 3.51. The summed E-state index contributed by atoms with van der Waals surface area (Å²) in [5, 5.41) is 15.7. The highest BCUT2D eigenvalue weighted by molar-refractivity contribution is 6.30. The number of hydrogen-bond donors (Lipinski definition) is 3. The predicted molar refractivity (Wildman–Crippen MR) is 146 cm³/mol. The molecule has 3 N–H and O–H groups in total. The zero-order valence-electron chi connectivity index (χ0n) is 22.2. The Morgan fingerprint density at radius 1 is 1.05 bits per heavy atom. The fourth-order valence-corrected chi connectivity index (χ4v) is 5.21. The second-order valence-electron chi connectivity index (χ2n) is 10.7. The van der Waals surface area contributed by atoms with Crippen molar-refractivity contribution in [3.63, 3.8) is 0 Å². The van der Waals surface area contributed by atoms with Crippen LogP contribution in [0.15, 0.2) is 42.5 Å². The van der Waals surface area contributed by atoms with Crippen LogP contribution in [-0.2, 0) is 27.4 Å². The number of nitrogens with zero attached hydrogens (tertiary/aromatic N) is 2. The van der Waals surface area contributed by atoms with Gasteiger partial charge in [-0.25, -0.2) is 9.59 Å². The topological polar surface area (TPSA) is 128 Å². The van der Waals surface area contributed by atoms with E-state index in [1.807, 2.05) is 0 Å². The number of carbonyl (C=O) groups excluding carboxylic acids is 3. The summed E-state index contributed by atoms with van der Waals surface area (Å²) in [6.07, 6.45) is -0.491. The number of likely N-dealkylation sites (tertiary alicyclic amines) is 1. The van der Waals surface area contributed by atoms with Gasteiger partial charge in [0.2, 0.25) is 11.8 Å². The lowest BCUT2D eigenvalue weighted by Gasteiger charge is -2.27. The maximum atomic E-state index is 13.6. The molecule has 208 valence electrons. The number of anilines is 1. The first kappa shape index (κ1) is 28.2. The molecule has 0 saturated carbocycles. The van der Waals surface area contributed by atoms with E-state index in [-0.39, 0.29) is 31.4 Å². The summed E-state index contributed by atoms with van der Waals surface area (Å²) < 4.78 is 5.29. The molecule has 0 aliphatic carbocycles. The third-order valence-corrected chi connectivity index (χ3v) is 7.01. The minimum atomic E-state index is -1.12. The number of halogens is 1. The van der Waals surface area contributed by atoms with Gasteiger partial charge in [-0.2, -0.15) is 0 Å². The number of nitrogens with one attached hydrogen (secondary N) is 2. The summed E-state index contributed by atoms with van der Waals surface area (Å²) in [5.41, 5.74) is 2.01. The monoisotopic (exact) mass is 556 g/mol. The van der Waals surface area contributed by atoms with Gasteiger partial charge in [0.05, 0.1) is 11.6 Å². The molecule has 2 heterocycles. The first-order valence-corrected chi connectivity index (χ1v) is 13.2. The number of ether oxygens (including phenoxy) is 1. The molecular weight excluding hydrogens is 524 g/mol. The fraction of sp³-hybridized carbons (Fsp3) is 0.429. The molecule has 0 bridgehead atoms. The van der Waals surface area contributed by atoms with Gasteiger partial charge in [0.1, 0.15) is 11.6 Å². The molecule has 2 aromatic rings. The zero-order valence-corrected chi connectivity index (χ0v) is 23.0. The predicted octanol–water partition coefficient (Wildman–Crippen LogP) is 4.25. The number of rotatable bonds is 6. The summed E-state index contributed by atoms with van der Waals surface area (Å²) in [6.45, 7) is 6.12. The lowest BCUT2D eigenvalue weighted by atomic mass is 9.99. The van der Waals surface area contributed by atoms with Crippen molar-refractivity contribution in [1.29, 1.82) is 0 Å². The van der Waals surface area contributed by atoms with Crippen molar-refractivity contribution < 1.29 is 29.0 Å². The number of carboxylic acid groups (broad SMARTS) is 1. The average molecular weight is 557 g/mol. The van der Waals surface area contributed by atoms with E-state index in [2.05, 4.69) is 10.6 Å². The van der Waals surface area contributed by atoms with Gasteiger partial charge >= 0.3 is 12.2 Å². The molecule has 4 rings (SSSR count). The van der Waals surface area contributed by atoms with Crippen molar-refractivity contribution in [3.05, 3.63) is 64.2 Å². The molecule has 11 heteroatoms. The van der Waals surface area contributed by atoms with Crippen LogP contribution in [0.1, 0.15) is 56.2 Å². The third-order valence-electron chi connectivity index (χ3n) is 6.78. The summed E-state index contributed by atoms with van der Waals surface area (Å²) in [4.78, 5) is 53.4. The van der Waals surface area contributed by atoms with Crippen molar-refractivity contribution in [2.24, 2.45) is 0 Å². The zero-order chi connectivity index (χ0) is 28.3. The Balaban J connectivity index is 1.42. The molecule has 0 aromatic heterocycles. The van der Waals surface area contributed by atoms with Gasteiger partial charge in [-0.1, -0.05) is 35.9 Å². The Morgan fingerprint density at radius 3 is 2.49 bits per heavy atom. The van der Waals surface area contributed by atoms with E-state index in [1.165, 1.54) is 4.90 Å². The number of hydrogen-bond acceptors (Lipinski definition) is 5. The van der Waals surface area contributed by atoms with Crippen LogP contribution >= 0.6 is 11.6 Å². The molecule has 2 aliphatic rings. The summed E-state index contributed by atoms with van der Waals surface area (Å²) >= 11 is 6.20. The van der Waals surface area contributed by atoms with E-state index < -0.39 is 29.7 Å². The van der Waals surface area contributed by atoms with E-state index in [0.717, 1.165) is 11.1 Å². The van der Waals surface area contributed by atoms with E-state index in [9.17, 15) is 24.3 Å². The van der Waals surface area contributed by atoms with Crippen LogP contribution in [0.25, 0.3) is 0 Å². The van der Waals surface area contributed by atoms with E-state index in [4.69, 9.17) is 16.3 Å². The normalized spacial score (nSPS) is 18.5. The summed E-state index contributed by atoms with van der Waals surface area (Å²) in [5.74, 6) is -1.22. The maximum absolute atomic E-state index is 13.6. The van der Waals surface area contributed by atoms with Crippen LogP contribution in [0.4, 0.5) is 15.3 Å². The number of carbonyl (C=O) groups is 4. The lowest BCUT2D eigenvalue weighted by Crippen LogP contribution is -2.48. The standard InChI is InChI=1S/C28H33ClN4O6/c1-28(2,3)39-26(36)31-14-17-10-11-19(29)13-18(17)15-30-24(34)23-9-6-12-32(23)25(35)21-16-33(27(37)38)22-8-5-4-7-20(21)22/h4-5,7-8,10-11,13,21,23H,6,9,12,14-16H2,1-3H3,(H,30,34)(H,31,36)(H,37,38). The quantitative estimate of drug-likeness (QED) is 0.488. The largest absolute Gasteiger partial charge is 0.465 e. The highest BCUT2D eigenvalue weighted by Crippen LogP contribution is 2.38. The maximum Gasteiger partial charge on any atom is 0.411 e. The van der Waals surface area contributed by atoms with Crippen molar-refractivity contribution in [1.82, 2.24) is 15.5 Å². The smallest absolute Gasteiger partial charge is 0.411 e. The molecule has 2 aliphatic heterocycles. The van der Waals surface area contributed by atoms with Gasteiger partial charge in [0.25, 0.3) is 0 Å². The molecular formula is C28H33ClN4O6. The van der Waals surface area contributed by atoms with Crippen molar-refractivity contribution in [2.75, 3.05) is 18.0 Å². The Kier molecular flexibility index (Phi) is 8.34. The molecule has 1 fully saturated rings. The van der Waals surface area contributed by atoms with Gasteiger partial charge in [-0.15, -0.1) is 0 Å². The molecule has 39 heavy (non-hydrogen) atoms. The van der Waals surface area contributed by atoms with Crippen molar-refractivity contribution in [3.8, 4) is 0 Å². The minimum absolute atomic E-state index is 0.0227. The lowest BCUT2D eigenvalue weighted by molar-refractivity contribution is -0.139. The molecule has 2 aromatic carbocycles. The fourth-order valence-electron chi connectivity index (χ4n) is 5.02. The number of fused-ring (bicyclic) bond motifs is 1. The van der Waals surface area contributed by atoms with Crippen LogP contribution in [0.2, 0.25) is 5.02 Å². The van der Waals surface area contributed by atoms with Crippen LogP contribution in [0.5, 0.6) is 0 Å². The van der Waals surface area contributed by atoms with Crippen LogP contribution in [-0.4, -0.2) is 58.7 Å². The summed E-state index contributed by atoms with van der Waals surface area (Å²) in [7, 11) is 0. The first-order valence-electron chi connectivity index (χ1n) is 12.9. The van der Waals surface area contributed by atoms with E-state index in [1.54, 1.807) is 68.1 Å². The second-order valence-corrected chi connectivity index (χ2v) is 11.1. The Morgan fingerprint density at radius 2 is 1.77 bits per heavy atom. The van der Waals surface area contributed by atoms with Gasteiger partial charge in [0, 0.05) is 31.2 Å². The molecule has 0 radical (unpaired) electrons. The molecule has 2 atom stereocenters. The van der Waals surface area contributed by atoms with Gasteiger partial charge in [-0.05, 0) is 68.5 Å². The van der Waals surface area contributed by atoms with Crippen LogP contribution < -0.4 is 15.5 Å². The highest BCUT2D eigenvalue weighted by Gasteiger charge is 2.42. The van der Waals surface area contributed by atoms with Crippen molar-refractivity contribution >= 4 is 41.3 Å². The Hall–Kier alpha value is -3.79. The van der Waals surface area contributed by atoms with Gasteiger partial charge in [0.15, 0.2) is 0 Å². The molecule has 0 spiro atoms. The highest BCUT2D eigenvalue weighted by atomic mass is 35.5. The second kappa shape index (κ2) is 11.5. The van der Waals surface area contributed by atoms with Crippen LogP contribution in [0, 0.1) is 0 Å². The van der Waals surface area contributed by atoms with Gasteiger partial charge < -0.3 is 25.4 Å². The molecule has 2 unspecified atom stereocenters. The molecule has 10 nitrogen and oxygen atoms in total. The van der Waals surface area contributed by atoms with Gasteiger partial charge in [-0.3, -0.25) is 14.5 Å². The molecule has 4 amide bonds. The van der Waals surface area contributed by atoms with E-state index in [0.29, 0.717) is 35.7 Å². The Labute approximate surface area is 232 Å². The number of alkyl carbamates (subject to hydrolysis) is 1. The Bertz CT molecular complexity index is 1280. The number of benzene rings is 2. The minimum Gasteiger partial charge on any atom is -0.465 e. The SMILES string of the molecule is CC(C)(C)OC(=O)NCc1ccc(Cl)cc1CNC(=O)C1CCCN1C(=O)C1CN(C(=O)O)c2ccccc21. The van der Waals surface area contributed by atoms with Crippen LogP contribution in [0.3, 0.4) is 0 Å².